The maximum absolute atomic E-state index is 12.9. The lowest BCUT2D eigenvalue weighted by Crippen LogP contribution is -2.37. The Balaban J connectivity index is 2.26. The molecule has 1 heterocycles. The summed E-state index contributed by atoms with van der Waals surface area (Å²) >= 11 is 1.22. The minimum absolute atomic E-state index is 0.00218. The normalized spacial score (nSPS) is 19.1. The highest BCUT2D eigenvalue weighted by Crippen LogP contribution is 2.39. The van der Waals surface area contributed by atoms with Gasteiger partial charge >= 0.3 is 12.2 Å². The van der Waals surface area contributed by atoms with E-state index in [0.29, 0.717) is 18.5 Å². The van der Waals surface area contributed by atoms with Gasteiger partial charge in [0.1, 0.15) is 11.2 Å². The van der Waals surface area contributed by atoms with Crippen molar-refractivity contribution in [2.45, 2.75) is 89.8 Å². The molecule has 0 spiro atoms. The molecule has 0 aliphatic carbocycles. The van der Waals surface area contributed by atoms with Crippen LogP contribution in [0.25, 0.3) is 0 Å². The van der Waals surface area contributed by atoms with Crippen molar-refractivity contribution in [3.8, 4) is 0 Å². The Morgan fingerprint density at radius 3 is 2.11 bits per heavy atom. The van der Waals surface area contributed by atoms with E-state index < -0.39 is 35.3 Å². The van der Waals surface area contributed by atoms with Gasteiger partial charge in [-0.2, -0.15) is 0 Å². The number of nitrogens with zero attached hydrogens (tertiary/aromatic N) is 1. The molecule has 1 aliphatic rings. The Morgan fingerprint density at radius 2 is 1.63 bits per heavy atom. The number of likely N-dealkylation sites (tertiary alicyclic amines) is 1. The number of rotatable bonds is 6. The van der Waals surface area contributed by atoms with Gasteiger partial charge in [-0.3, -0.25) is 14.5 Å². The molecule has 3 amide bonds. The van der Waals surface area contributed by atoms with Gasteiger partial charge in [0.15, 0.2) is 5.12 Å². The number of carbonyl (C=O) groups is 4. The highest BCUT2D eigenvalue weighted by molar-refractivity contribution is 8.14. The summed E-state index contributed by atoms with van der Waals surface area (Å²) in [5.41, 5.74) is 5.61. The number of nitrogens with two attached hydrogens (primary N) is 1. The molecule has 1 aromatic carbocycles. The van der Waals surface area contributed by atoms with E-state index in [2.05, 4.69) is 5.32 Å². The van der Waals surface area contributed by atoms with E-state index in [1.165, 1.54) is 18.7 Å². The van der Waals surface area contributed by atoms with E-state index in [0.717, 1.165) is 5.56 Å². The van der Waals surface area contributed by atoms with E-state index in [9.17, 15) is 19.2 Å². The quantitative estimate of drug-likeness (QED) is 0.582. The van der Waals surface area contributed by atoms with Crippen LogP contribution in [0.2, 0.25) is 0 Å². The Hall–Kier alpha value is -2.75. The van der Waals surface area contributed by atoms with Crippen molar-refractivity contribution < 1.29 is 28.7 Å². The molecule has 0 bridgehead atoms. The average molecular weight is 508 g/mol. The molecule has 2 rings (SSSR count). The molecule has 194 valence electrons. The zero-order valence-electron chi connectivity index (χ0n) is 21.5. The maximum atomic E-state index is 12.9. The first-order valence-corrected chi connectivity index (χ1v) is 12.5. The fraction of sp³-hybridized carbons (Fsp3) is 0.600. The van der Waals surface area contributed by atoms with Gasteiger partial charge in [-0.25, -0.2) is 9.59 Å². The molecule has 10 heteroatoms. The van der Waals surface area contributed by atoms with Crippen LogP contribution in [0.5, 0.6) is 0 Å². The highest BCUT2D eigenvalue weighted by Gasteiger charge is 2.39. The fourth-order valence-electron chi connectivity index (χ4n) is 3.81. The first-order chi connectivity index (χ1) is 16.0. The van der Waals surface area contributed by atoms with Crippen LogP contribution in [-0.4, -0.2) is 51.1 Å². The van der Waals surface area contributed by atoms with Gasteiger partial charge < -0.3 is 20.5 Å². The average Bonchev–Trinajstić information content (AvgIpc) is 3.07. The molecular formula is C25H37N3O6S. The van der Waals surface area contributed by atoms with Crippen molar-refractivity contribution in [1.29, 1.82) is 0 Å². The molecule has 9 nitrogen and oxygen atoms in total. The second-order valence-corrected chi connectivity index (χ2v) is 12.1. The van der Waals surface area contributed by atoms with Gasteiger partial charge in [0.2, 0.25) is 5.91 Å². The lowest BCUT2D eigenvalue weighted by molar-refractivity contribution is -0.118. The van der Waals surface area contributed by atoms with E-state index >= 15 is 0 Å². The monoisotopic (exact) mass is 507 g/mol. The van der Waals surface area contributed by atoms with Crippen molar-refractivity contribution in [2.24, 2.45) is 5.73 Å². The third-order valence-corrected chi connectivity index (χ3v) is 6.05. The van der Waals surface area contributed by atoms with Gasteiger partial charge in [0, 0.05) is 18.7 Å². The highest BCUT2D eigenvalue weighted by atomic mass is 32.2. The van der Waals surface area contributed by atoms with Crippen LogP contribution in [0.3, 0.4) is 0 Å². The lowest BCUT2D eigenvalue weighted by Gasteiger charge is -2.29. The maximum Gasteiger partial charge on any atom is 0.410 e. The molecule has 0 saturated carbocycles. The van der Waals surface area contributed by atoms with Crippen LogP contribution >= 0.6 is 11.8 Å². The number of alkyl carbamates (subject to hydrolysis) is 1. The van der Waals surface area contributed by atoms with Crippen LogP contribution < -0.4 is 11.1 Å². The van der Waals surface area contributed by atoms with Gasteiger partial charge in [-0.15, -0.1) is 0 Å². The third kappa shape index (κ3) is 9.43. The molecular weight excluding hydrogens is 470 g/mol. The summed E-state index contributed by atoms with van der Waals surface area (Å²) in [6.45, 7) is 12.6. The van der Waals surface area contributed by atoms with E-state index in [-0.39, 0.29) is 22.8 Å². The van der Waals surface area contributed by atoms with Crippen LogP contribution in [0.1, 0.15) is 84.5 Å². The predicted octanol–water partition coefficient (Wildman–Crippen LogP) is 4.46. The summed E-state index contributed by atoms with van der Waals surface area (Å²) in [6, 6.07) is 6.34. The second-order valence-electron chi connectivity index (χ2n) is 10.7. The van der Waals surface area contributed by atoms with Gasteiger partial charge in [0.05, 0.1) is 18.5 Å². The molecule has 0 radical (unpaired) electrons. The van der Waals surface area contributed by atoms with Crippen LogP contribution in [-0.2, 0) is 19.1 Å². The Morgan fingerprint density at radius 1 is 1.06 bits per heavy atom. The summed E-state index contributed by atoms with van der Waals surface area (Å²) in [7, 11) is 0. The summed E-state index contributed by atoms with van der Waals surface area (Å²) < 4.78 is 10.9. The number of nitrogens with one attached hydrogen (secondary N) is 1. The van der Waals surface area contributed by atoms with E-state index in [4.69, 9.17) is 15.2 Å². The van der Waals surface area contributed by atoms with Gasteiger partial charge in [-0.05, 0) is 59.1 Å². The largest absolute Gasteiger partial charge is 0.444 e. The molecule has 0 aromatic heterocycles. The smallest absolute Gasteiger partial charge is 0.410 e. The number of primary amides is 1. The van der Waals surface area contributed by atoms with Crippen LogP contribution in [0, 0.1) is 0 Å². The van der Waals surface area contributed by atoms with Crippen molar-refractivity contribution in [2.75, 3.05) is 6.54 Å². The molecule has 3 N–H and O–H groups in total. The molecule has 1 aromatic rings. The standard InChI is InChI=1S/C25H37N3O6S/c1-15(29)35-18-12-20(28(14-18)23(32)34-25(5,6)7)17-10-8-16(9-11-17)19(13-21(26)30)27-22(31)33-24(2,3)4/h8-11,18-20H,12-14H2,1-7H3,(H2,26,30)(H,27,31)/t18-,19-,20+/m0/s1. The zero-order chi connectivity index (χ0) is 26.6. The number of carbonyl (C=O) groups excluding carboxylic acids is 4. The summed E-state index contributed by atoms with van der Waals surface area (Å²) in [5.74, 6) is -0.564. The van der Waals surface area contributed by atoms with E-state index in [1.54, 1.807) is 37.8 Å². The minimum Gasteiger partial charge on any atom is -0.444 e. The van der Waals surface area contributed by atoms with Crippen LogP contribution in [0.15, 0.2) is 24.3 Å². The van der Waals surface area contributed by atoms with Crippen molar-refractivity contribution >= 4 is 35.0 Å². The third-order valence-electron chi connectivity index (χ3n) is 5.04. The number of thioether (sulfide) groups is 1. The zero-order valence-corrected chi connectivity index (χ0v) is 22.4. The number of ether oxygens (including phenoxy) is 2. The lowest BCUT2D eigenvalue weighted by atomic mass is 9.98. The molecule has 1 saturated heterocycles. The van der Waals surface area contributed by atoms with Crippen molar-refractivity contribution in [3.05, 3.63) is 35.4 Å². The Labute approximate surface area is 211 Å². The first-order valence-electron chi connectivity index (χ1n) is 11.6. The molecule has 1 fully saturated rings. The number of hydrogen-bond donors (Lipinski definition) is 2. The van der Waals surface area contributed by atoms with Gasteiger partial charge in [-0.1, -0.05) is 36.0 Å². The topological polar surface area (TPSA) is 128 Å². The van der Waals surface area contributed by atoms with Crippen molar-refractivity contribution in [1.82, 2.24) is 10.2 Å². The number of benzene rings is 1. The number of amides is 3. The Bertz CT molecular complexity index is 936. The first kappa shape index (κ1) is 28.5. The fourth-order valence-corrected chi connectivity index (χ4v) is 4.79. The molecule has 35 heavy (non-hydrogen) atoms. The van der Waals surface area contributed by atoms with Crippen molar-refractivity contribution in [3.63, 3.8) is 0 Å². The molecule has 0 unspecified atom stereocenters. The molecule has 3 atom stereocenters. The second kappa shape index (κ2) is 11.3. The van der Waals surface area contributed by atoms with Gasteiger partial charge in [0.25, 0.3) is 0 Å². The summed E-state index contributed by atoms with van der Waals surface area (Å²) in [6.07, 6.45) is -0.576. The Kier molecular flexibility index (Phi) is 9.22. The number of hydrogen-bond acceptors (Lipinski definition) is 7. The SMILES string of the molecule is CC(=O)S[C@H]1C[C@H](c2ccc([C@H](CC(N)=O)NC(=O)OC(C)(C)C)cc2)N(C(=O)OC(C)(C)C)C1. The minimum atomic E-state index is -0.687. The van der Waals surface area contributed by atoms with Crippen LogP contribution in [0.4, 0.5) is 9.59 Å². The summed E-state index contributed by atoms with van der Waals surface area (Å²) in [4.78, 5) is 50.1. The molecule has 1 aliphatic heterocycles. The van der Waals surface area contributed by atoms with E-state index in [1.807, 2.05) is 32.9 Å². The predicted molar refractivity (Wildman–Crippen MR) is 135 cm³/mol. The summed E-state index contributed by atoms with van der Waals surface area (Å²) in [5, 5.41) is 2.66.